The molecule has 2 rings (SSSR count). The molecule has 0 N–H and O–H groups in total. The van der Waals surface area contributed by atoms with Crippen molar-refractivity contribution in [2.24, 2.45) is 0 Å². The van der Waals surface area contributed by atoms with Gasteiger partial charge in [0.05, 0.1) is 0 Å². The standard InChI is InChI=1S/C11H10BrIS/c1-2-8-6-14-11-9(8)3-7(5-12)4-10(11)13/h3-4,6H,2,5H2,1H3. The van der Waals surface area contributed by atoms with Crippen LogP contribution in [0.4, 0.5) is 0 Å². The number of rotatable bonds is 2. The largest absolute Gasteiger partial charge is 0.142 e. The van der Waals surface area contributed by atoms with E-state index in [0.29, 0.717) is 0 Å². The second kappa shape index (κ2) is 4.49. The Morgan fingerprint density at radius 2 is 2.21 bits per heavy atom. The summed E-state index contributed by atoms with van der Waals surface area (Å²) in [6, 6.07) is 4.56. The second-order valence-corrected chi connectivity index (χ2v) is 5.81. The number of aryl methyl sites for hydroxylation is 1. The molecule has 0 radical (unpaired) electrons. The van der Waals surface area contributed by atoms with Gasteiger partial charge in [-0.05, 0) is 63.0 Å². The van der Waals surface area contributed by atoms with Crippen LogP contribution in [0.25, 0.3) is 10.1 Å². The maximum atomic E-state index is 3.51. The van der Waals surface area contributed by atoms with Gasteiger partial charge in [-0.3, -0.25) is 0 Å². The zero-order valence-corrected chi connectivity index (χ0v) is 12.4. The van der Waals surface area contributed by atoms with Crippen LogP contribution in [0, 0.1) is 3.57 Å². The molecule has 0 fully saturated rings. The van der Waals surface area contributed by atoms with Crippen LogP contribution in [0.3, 0.4) is 0 Å². The van der Waals surface area contributed by atoms with Gasteiger partial charge in [0.25, 0.3) is 0 Å². The highest BCUT2D eigenvalue weighted by molar-refractivity contribution is 14.1. The Morgan fingerprint density at radius 1 is 1.43 bits per heavy atom. The minimum absolute atomic E-state index is 0.942. The lowest BCUT2D eigenvalue weighted by Crippen LogP contribution is -1.82. The first-order chi connectivity index (χ1) is 6.76. The third-order valence-electron chi connectivity index (χ3n) is 2.30. The topological polar surface area (TPSA) is 0 Å². The van der Waals surface area contributed by atoms with Crippen molar-refractivity contribution in [2.75, 3.05) is 0 Å². The lowest BCUT2D eigenvalue weighted by Gasteiger charge is -2.01. The van der Waals surface area contributed by atoms with Crippen LogP contribution in [0.15, 0.2) is 17.5 Å². The molecule has 0 unspecified atom stereocenters. The quantitative estimate of drug-likeness (QED) is 0.510. The molecule has 0 aliphatic heterocycles. The molecule has 1 heterocycles. The molecule has 0 bridgehead atoms. The molecule has 0 spiro atoms. The van der Waals surface area contributed by atoms with Crippen molar-refractivity contribution < 1.29 is 0 Å². The molecule has 0 amide bonds. The molecule has 1 aromatic heterocycles. The Kier molecular flexibility index (Phi) is 3.50. The Balaban J connectivity index is 2.73. The smallest absolute Gasteiger partial charge is 0.0479 e. The molecule has 3 heteroatoms. The highest BCUT2D eigenvalue weighted by Gasteiger charge is 2.07. The zero-order valence-electron chi connectivity index (χ0n) is 7.81. The molecular formula is C11H10BrIS. The summed E-state index contributed by atoms with van der Waals surface area (Å²) in [7, 11) is 0. The molecule has 0 aliphatic rings. The van der Waals surface area contributed by atoms with Gasteiger partial charge in [-0.15, -0.1) is 11.3 Å². The summed E-state index contributed by atoms with van der Waals surface area (Å²) in [5.41, 5.74) is 2.85. The van der Waals surface area contributed by atoms with Crippen LogP contribution in [0.2, 0.25) is 0 Å². The summed E-state index contributed by atoms with van der Waals surface area (Å²) in [6.07, 6.45) is 1.13. The van der Waals surface area contributed by atoms with Gasteiger partial charge in [0.15, 0.2) is 0 Å². The number of hydrogen-bond acceptors (Lipinski definition) is 1. The number of benzene rings is 1. The van der Waals surface area contributed by atoms with Crippen molar-refractivity contribution in [3.63, 3.8) is 0 Å². The first-order valence-corrected chi connectivity index (χ1v) is 7.58. The summed E-state index contributed by atoms with van der Waals surface area (Å²) >= 11 is 7.80. The molecule has 14 heavy (non-hydrogen) atoms. The van der Waals surface area contributed by atoms with Crippen molar-refractivity contribution >= 4 is 59.9 Å². The minimum atomic E-state index is 0.942. The molecule has 0 aliphatic carbocycles. The van der Waals surface area contributed by atoms with Crippen molar-refractivity contribution in [3.05, 3.63) is 32.2 Å². The number of halogens is 2. The lowest BCUT2D eigenvalue weighted by molar-refractivity contribution is 1.17. The summed E-state index contributed by atoms with van der Waals surface area (Å²) < 4.78 is 2.81. The predicted molar refractivity (Wildman–Crippen MR) is 76.6 cm³/mol. The predicted octanol–water partition coefficient (Wildman–Crippen LogP) is 4.96. The molecule has 74 valence electrons. The first-order valence-electron chi connectivity index (χ1n) is 4.50. The van der Waals surface area contributed by atoms with E-state index in [1.807, 2.05) is 11.3 Å². The molecule has 0 atom stereocenters. The SMILES string of the molecule is CCc1csc2c(I)cc(CBr)cc12. The van der Waals surface area contributed by atoms with Crippen LogP contribution in [-0.4, -0.2) is 0 Å². The van der Waals surface area contributed by atoms with Crippen molar-refractivity contribution in [1.82, 2.24) is 0 Å². The maximum absolute atomic E-state index is 3.51. The van der Waals surface area contributed by atoms with E-state index in [4.69, 9.17) is 0 Å². The van der Waals surface area contributed by atoms with Gasteiger partial charge < -0.3 is 0 Å². The van der Waals surface area contributed by atoms with Gasteiger partial charge in [0.2, 0.25) is 0 Å². The van der Waals surface area contributed by atoms with Crippen molar-refractivity contribution in [3.8, 4) is 0 Å². The fourth-order valence-corrected chi connectivity index (χ4v) is 3.99. The number of thiophene rings is 1. The molecule has 0 saturated carbocycles. The lowest BCUT2D eigenvalue weighted by atomic mass is 10.1. The van der Waals surface area contributed by atoms with Gasteiger partial charge in [-0.2, -0.15) is 0 Å². The van der Waals surface area contributed by atoms with E-state index in [2.05, 4.69) is 63.0 Å². The van der Waals surface area contributed by atoms with Gasteiger partial charge in [-0.1, -0.05) is 22.9 Å². The Bertz CT molecular complexity index is 462. The van der Waals surface area contributed by atoms with E-state index in [9.17, 15) is 0 Å². The van der Waals surface area contributed by atoms with Crippen LogP contribution in [0.5, 0.6) is 0 Å². The molecule has 1 aromatic carbocycles. The summed E-state index contributed by atoms with van der Waals surface area (Å²) in [6.45, 7) is 2.22. The van der Waals surface area contributed by atoms with Gasteiger partial charge in [-0.25, -0.2) is 0 Å². The van der Waals surface area contributed by atoms with Crippen molar-refractivity contribution in [2.45, 2.75) is 18.7 Å². The fraction of sp³-hybridized carbons (Fsp3) is 0.273. The van der Waals surface area contributed by atoms with E-state index in [1.165, 1.54) is 24.8 Å². The van der Waals surface area contributed by atoms with Crippen LogP contribution >= 0.6 is 49.9 Å². The maximum Gasteiger partial charge on any atom is 0.0479 e. The van der Waals surface area contributed by atoms with E-state index in [-0.39, 0.29) is 0 Å². The molecule has 0 saturated heterocycles. The number of hydrogen-bond donors (Lipinski definition) is 0. The van der Waals surface area contributed by atoms with Crippen molar-refractivity contribution in [1.29, 1.82) is 0 Å². The van der Waals surface area contributed by atoms with E-state index in [1.54, 1.807) is 0 Å². The average molecular weight is 381 g/mol. The molecule has 0 nitrogen and oxygen atoms in total. The monoisotopic (exact) mass is 380 g/mol. The van der Waals surface area contributed by atoms with Gasteiger partial charge in [0, 0.05) is 13.6 Å². The second-order valence-electron chi connectivity index (χ2n) is 3.20. The molecule has 2 aromatic rings. The highest BCUT2D eigenvalue weighted by Crippen LogP contribution is 2.32. The summed E-state index contributed by atoms with van der Waals surface area (Å²) in [5, 5.41) is 4.67. The van der Waals surface area contributed by atoms with E-state index < -0.39 is 0 Å². The Morgan fingerprint density at radius 3 is 2.86 bits per heavy atom. The number of fused-ring (bicyclic) bond motifs is 1. The summed E-state index contributed by atoms with van der Waals surface area (Å²) in [4.78, 5) is 0. The van der Waals surface area contributed by atoms with Crippen LogP contribution in [-0.2, 0) is 11.8 Å². The summed E-state index contributed by atoms with van der Waals surface area (Å²) in [5.74, 6) is 0. The minimum Gasteiger partial charge on any atom is -0.142 e. The van der Waals surface area contributed by atoms with Gasteiger partial charge in [0.1, 0.15) is 0 Å². The Hall–Kier alpha value is 0.390. The average Bonchev–Trinajstić information content (AvgIpc) is 2.61. The molecular weight excluding hydrogens is 371 g/mol. The third-order valence-corrected chi connectivity index (χ3v) is 5.25. The van der Waals surface area contributed by atoms with Crippen LogP contribution in [0.1, 0.15) is 18.1 Å². The number of alkyl halides is 1. The normalized spacial score (nSPS) is 11.1. The third kappa shape index (κ3) is 1.86. The Labute approximate surface area is 110 Å². The van der Waals surface area contributed by atoms with E-state index >= 15 is 0 Å². The van der Waals surface area contributed by atoms with Crippen LogP contribution < -0.4 is 0 Å². The fourth-order valence-electron chi connectivity index (χ4n) is 1.55. The van der Waals surface area contributed by atoms with Gasteiger partial charge >= 0.3 is 0 Å². The van der Waals surface area contributed by atoms with E-state index in [0.717, 1.165) is 11.8 Å². The zero-order chi connectivity index (χ0) is 10.1. The first kappa shape index (κ1) is 10.9. The highest BCUT2D eigenvalue weighted by atomic mass is 127.